The Balaban J connectivity index is 2.97. The number of aromatic hydroxyl groups is 1. The zero-order chi connectivity index (χ0) is 13.2. The number of carbonyl (C=O) groups excluding carboxylic acids is 1. The fourth-order valence-electron chi connectivity index (χ4n) is 1.36. The number of amides is 1. The van der Waals surface area contributed by atoms with Crippen LogP contribution in [-0.4, -0.2) is 16.6 Å². The summed E-state index contributed by atoms with van der Waals surface area (Å²) in [4.78, 5) is 11.9. The molecule has 4 heteroatoms. The van der Waals surface area contributed by atoms with Gasteiger partial charge in [0.1, 0.15) is 5.75 Å². The number of benzene rings is 1. The second kappa shape index (κ2) is 4.75. The first-order valence-electron chi connectivity index (χ1n) is 5.68. The average Bonchev–Trinajstić information content (AvgIpc) is 2.25. The van der Waals surface area contributed by atoms with Gasteiger partial charge in [-0.15, -0.1) is 0 Å². The lowest BCUT2D eigenvalue weighted by molar-refractivity contribution is -0.120. The number of phenols is 1. The van der Waals surface area contributed by atoms with E-state index in [4.69, 9.17) is 5.73 Å². The zero-order valence-corrected chi connectivity index (χ0v) is 10.8. The minimum Gasteiger partial charge on any atom is -0.508 e. The minimum absolute atomic E-state index is 0.215. The van der Waals surface area contributed by atoms with Crippen LogP contribution in [0.15, 0.2) is 12.1 Å². The molecule has 1 amide bonds. The number of phenolic OH excluding ortho intramolecular Hbond substituents is 1. The third-order valence-electron chi connectivity index (χ3n) is 3.04. The van der Waals surface area contributed by atoms with Crippen molar-refractivity contribution >= 4 is 11.6 Å². The molecule has 1 aromatic rings. The van der Waals surface area contributed by atoms with Gasteiger partial charge in [0.15, 0.2) is 0 Å². The lowest BCUT2D eigenvalue weighted by atomic mass is 9.99. The summed E-state index contributed by atoms with van der Waals surface area (Å²) in [5.41, 5.74) is 7.21. The second-order valence-corrected chi connectivity index (χ2v) is 4.68. The Bertz CT molecular complexity index is 439. The van der Waals surface area contributed by atoms with Crippen molar-refractivity contribution in [2.24, 2.45) is 5.73 Å². The molecule has 0 aliphatic heterocycles. The Morgan fingerprint density at radius 1 is 1.41 bits per heavy atom. The quantitative estimate of drug-likeness (QED) is 0.703. The maximum atomic E-state index is 11.9. The molecule has 0 radical (unpaired) electrons. The van der Waals surface area contributed by atoms with Crippen LogP contribution in [0, 0.1) is 13.8 Å². The molecular formula is C13H20N2O2. The number of aryl methyl sites for hydroxylation is 2. The topological polar surface area (TPSA) is 75.4 Å². The van der Waals surface area contributed by atoms with E-state index in [1.54, 1.807) is 26.0 Å². The Kier molecular flexibility index (Phi) is 3.78. The summed E-state index contributed by atoms with van der Waals surface area (Å²) in [5.74, 6) is 0.0136. The third-order valence-corrected chi connectivity index (χ3v) is 3.04. The number of nitrogens with two attached hydrogens (primary N) is 1. The van der Waals surface area contributed by atoms with Gasteiger partial charge >= 0.3 is 0 Å². The summed E-state index contributed by atoms with van der Waals surface area (Å²) in [5, 5.41) is 12.3. The molecule has 4 nitrogen and oxygen atoms in total. The average molecular weight is 236 g/mol. The van der Waals surface area contributed by atoms with E-state index in [1.165, 1.54) is 0 Å². The zero-order valence-electron chi connectivity index (χ0n) is 10.8. The summed E-state index contributed by atoms with van der Waals surface area (Å²) in [6.45, 7) is 7.18. The first-order chi connectivity index (χ1) is 7.77. The van der Waals surface area contributed by atoms with E-state index in [2.05, 4.69) is 5.32 Å². The molecule has 1 unspecified atom stereocenters. The minimum atomic E-state index is -0.877. The molecule has 17 heavy (non-hydrogen) atoms. The van der Waals surface area contributed by atoms with Crippen LogP contribution in [0.4, 0.5) is 5.69 Å². The van der Waals surface area contributed by atoms with Gasteiger partial charge in [-0.3, -0.25) is 4.79 Å². The fourth-order valence-corrected chi connectivity index (χ4v) is 1.36. The van der Waals surface area contributed by atoms with E-state index in [0.29, 0.717) is 12.1 Å². The summed E-state index contributed by atoms with van der Waals surface area (Å²) in [6.07, 6.45) is 0.564. The van der Waals surface area contributed by atoms with E-state index < -0.39 is 5.54 Å². The van der Waals surface area contributed by atoms with Crippen LogP contribution >= 0.6 is 0 Å². The Labute approximate surface area is 102 Å². The van der Waals surface area contributed by atoms with Gasteiger partial charge in [-0.1, -0.05) is 6.92 Å². The van der Waals surface area contributed by atoms with Gasteiger partial charge in [0, 0.05) is 5.69 Å². The Morgan fingerprint density at radius 2 is 2.00 bits per heavy atom. The Hall–Kier alpha value is -1.55. The van der Waals surface area contributed by atoms with Crippen molar-refractivity contribution in [3.05, 3.63) is 23.3 Å². The smallest absolute Gasteiger partial charge is 0.244 e. The summed E-state index contributed by atoms with van der Waals surface area (Å²) in [7, 11) is 0. The Morgan fingerprint density at radius 3 is 2.53 bits per heavy atom. The molecular weight excluding hydrogens is 216 g/mol. The lowest BCUT2D eigenvalue weighted by Crippen LogP contribution is -2.47. The number of rotatable bonds is 3. The molecule has 0 heterocycles. The second-order valence-electron chi connectivity index (χ2n) is 4.68. The standard InChI is InChI=1S/C13H20N2O2/c1-5-13(4,14)12(17)15-10-6-9(3)11(16)7-8(10)2/h6-7,16H,5,14H2,1-4H3,(H,15,17). The van der Waals surface area contributed by atoms with Gasteiger partial charge in [-0.05, 0) is 50.5 Å². The molecule has 0 aromatic heterocycles. The van der Waals surface area contributed by atoms with Gasteiger partial charge in [0.2, 0.25) is 5.91 Å². The van der Waals surface area contributed by atoms with Crippen molar-refractivity contribution in [1.82, 2.24) is 0 Å². The predicted octanol–water partition coefficient (Wildman–Crippen LogP) is 2.07. The van der Waals surface area contributed by atoms with Crippen LogP contribution in [0.2, 0.25) is 0 Å². The number of anilines is 1. The highest BCUT2D eigenvalue weighted by atomic mass is 16.3. The predicted molar refractivity (Wildman–Crippen MR) is 69.1 cm³/mol. The number of hydrogen-bond donors (Lipinski definition) is 3. The number of hydrogen-bond acceptors (Lipinski definition) is 3. The van der Waals surface area contributed by atoms with Gasteiger partial charge < -0.3 is 16.2 Å². The van der Waals surface area contributed by atoms with Crippen LogP contribution in [0.1, 0.15) is 31.4 Å². The van der Waals surface area contributed by atoms with Gasteiger partial charge in [0.25, 0.3) is 0 Å². The van der Waals surface area contributed by atoms with Crippen LogP contribution in [0.5, 0.6) is 5.75 Å². The van der Waals surface area contributed by atoms with E-state index >= 15 is 0 Å². The molecule has 0 spiro atoms. The molecule has 94 valence electrons. The third kappa shape index (κ3) is 2.97. The molecule has 0 aliphatic carbocycles. The first kappa shape index (κ1) is 13.5. The summed E-state index contributed by atoms with van der Waals surface area (Å²) >= 11 is 0. The molecule has 1 aromatic carbocycles. The number of nitrogens with one attached hydrogen (secondary N) is 1. The fraction of sp³-hybridized carbons (Fsp3) is 0.462. The molecule has 0 saturated carbocycles. The van der Waals surface area contributed by atoms with Crippen molar-refractivity contribution in [3.8, 4) is 5.75 Å². The lowest BCUT2D eigenvalue weighted by Gasteiger charge is -2.22. The van der Waals surface area contributed by atoms with Gasteiger partial charge in [0.05, 0.1) is 5.54 Å². The molecule has 0 saturated heterocycles. The van der Waals surface area contributed by atoms with E-state index in [9.17, 15) is 9.90 Å². The van der Waals surface area contributed by atoms with Crippen molar-refractivity contribution in [2.45, 2.75) is 39.7 Å². The molecule has 1 rings (SSSR count). The normalized spacial score (nSPS) is 14.2. The highest BCUT2D eigenvalue weighted by Crippen LogP contribution is 2.25. The maximum absolute atomic E-state index is 11.9. The number of carbonyl (C=O) groups is 1. The highest BCUT2D eigenvalue weighted by molar-refractivity contribution is 5.98. The first-order valence-corrected chi connectivity index (χ1v) is 5.68. The van der Waals surface area contributed by atoms with Crippen LogP contribution < -0.4 is 11.1 Å². The summed E-state index contributed by atoms with van der Waals surface area (Å²) in [6, 6.07) is 3.37. The van der Waals surface area contributed by atoms with E-state index in [0.717, 1.165) is 11.1 Å². The molecule has 4 N–H and O–H groups in total. The molecule has 1 atom stereocenters. The van der Waals surface area contributed by atoms with Crippen LogP contribution in [-0.2, 0) is 4.79 Å². The summed E-state index contributed by atoms with van der Waals surface area (Å²) < 4.78 is 0. The van der Waals surface area contributed by atoms with E-state index in [1.807, 2.05) is 13.8 Å². The molecule has 0 fully saturated rings. The van der Waals surface area contributed by atoms with Crippen LogP contribution in [0.25, 0.3) is 0 Å². The van der Waals surface area contributed by atoms with Crippen molar-refractivity contribution in [3.63, 3.8) is 0 Å². The monoisotopic (exact) mass is 236 g/mol. The van der Waals surface area contributed by atoms with Gasteiger partial charge in [-0.2, -0.15) is 0 Å². The molecule has 0 aliphatic rings. The highest BCUT2D eigenvalue weighted by Gasteiger charge is 2.26. The largest absolute Gasteiger partial charge is 0.508 e. The van der Waals surface area contributed by atoms with Crippen LogP contribution in [0.3, 0.4) is 0 Å². The van der Waals surface area contributed by atoms with Crippen molar-refractivity contribution in [1.29, 1.82) is 0 Å². The molecule has 0 bridgehead atoms. The van der Waals surface area contributed by atoms with E-state index in [-0.39, 0.29) is 11.7 Å². The van der Waals surface area contributed by atoms with Crippen molar-refractivity contribution < 1.29 is 9.90 Å². The maximum Gasteiger partial charge on any atom is 0.244 e. The van der Waals surface area contributed by atoms with Gasteiger partial charge in [-0.25, -0.2) is 0 Å². The SMILES string of the molecule is CCC(C)(N)C(=O)Nc1cc(C)c(O)cc1C. The van der Waals surface area contributed by atoms with Crippen molar-refractivity contribution in [2.75, 3.05) is 5.32 Å².